The first-order valence-electron chi connectivity index (χ1n) is 6.16. The van der Waals surface area contributed by atoms with Gasteiger partial charge in [-0.15, -0.1) is 0 Å². The van der Waals surface area contributed by atoms with Crippen molar-refractivity contribution in [1.82, 2.24) is 9.78 Å². The normalized spacial score (nSPS) is 10.5. The number of carbonyl (C=O) groups excluding carboxylic acids is 1. The van der Waals surface area contributed by atoms with Crippen molar-refractivity contribution in [2.75, 3.05) is 17.2 Å². The molecule has 112 valence electrons. The SMILES string of the molecule is Cc1c(Cl)cc(NC(=O)Nc2cnn(CCO)c2)cc1Cl. The summed E-state index contributed by atoms with van der Waals surface area (Å²) in [5.74, 6) is 0. The van der Waals surface area contributed by atoms with Crippen LogP contribution in [0.3, 0.4) is 0 Å². The van der Waals surface area contributed by atoms with Gasteiger partial charge in [0.05, 0.1) is 25.0 Å². The first-order chi connectivity index (χ1) is 9.99. The lowest BCUT2D eigenvalue weighted by Gasteiger charge is -2.09. The van der Waals surface area contributed by atoms with E-state index in [1.165, 1.54) is 10.9 Å². The van der Waals surface area contributed by atoms with Crippen LogP contribution in [0, 0.1) is 6.92 Å². The predicted molar refractivity (Wildman–Crippen MR) is 83.2 cm³/mol. The first-order valence-corrected chi connectivity index (χ1v) is 6.92. The number of nitrogens with zero attached hydrogens (tertiary/aromatic N) is 2. The van der Waals surface area contributed by atoms with Crippen LogP contribution >= 0.6 is 23.2 Å². The molecule has 2 rings (SSSR count). The molecule has 0 bridgehead atoms. The van der Waals surface area contributed by atoms with Crippen molar-refractivity contribution in [1.29, 1.82) is 0 Å². The van der Waals surface area contributed by atoms with Crippen molar-refractivity contribution in [3.63, 3.8) is 0 Å². The molecule has 1 heterocycles. The zero-order valence-corrected chi connectivity index (χ0v) is 12.7. The lowest BCUT2D eigenvalue weighted by atomic mass is 10.2. The summed E-state index contributed by atoms with van der Waals surface area (Å²) < 4.78 is 1.52. The van der Waals surface area contributed by atoms with Gasteiger partial charge in [0, 0.05) is 21.9 Å². The van der Waals surface area contributed by atoms with Crippen LogP contribution in [0.1, 0.15) is 5.56 Å². The Kier molecular flexibility index (Phi) is 5.06. The Morgan fingerprint density at radius 3 is 2.52 bits per heavy atom. The lowest BCUT2D eigenvalue weighted by Crippen LogP contribution is -2.19. The molecule has 1 aromatic carbocycles. The van der Waals surface area contributed by atoms with Crippen LogP contribution in [-0.4, -0.2) is 27.5 Å². The summed E-state index contributed by atoms with van der Waals surface area (Å²) >= 11 is 12.0. The maximum atomic E-state index is 11.9. The Balaban J connectivity index is 2.01. The van der Waals surface area contributed by atoms with Gasteiger partial charge in [0.15, 0.2) is 0 Å². The fraction of sp³-hybridized carbons (Fsp3) is 0.231. The minimum atomic E-state index is -0.436. The average molecular weight is 329 g/mol. The number of carbonyl (C=O) groups is 1. The Morgan fingerprint density at radius 2 is 1.90 bits per heavy atom. The second-order valence-corrected chi connectivity index (χ2v) is 5.17. The maximum absolute atomic E-state index is 11.9. The molecular weight excluding hydrogens is 315 g/mol. The van der Waals surface area contributed by atoms with Crippen molar-refractivity contribution < 1.29 is 9.90 Å². The lowest BCUT2D eigenvalue weighted by molar-refractivity contribution is 0.262. The number of aliphatic hydroxyl groups excluding tert-OH is 1. The van der Waals surface area contributed by atoms with E-state index in [4.69, 9.17) is 28.3 Å². The minimum Gasteiger partial charge on any atom is -0.394 e. The number of anilines is 2. The van der Waals surface area contributed by atoms with Crippen LogP contribution in [0.25, 0.3) is 0 Å². The quantitative estimate of drug-likeness (QED) is 0.806. The van der Waals surface area contributed by atoms with E-state index >= 15 is 0 Å². The van der Waals surface area contributed by atoms with E-state index in [0.717, 1.165) is 5.56 Å². The van der Waals surface area contributed by atoms with Crippen molar-refractivity contribution in [3.05, 3.63) is 40.1 Å². The summed E-state index contributed by atoms with van der Waals surface area (Å²) in [5.41, 5.74) is 1.77. The molecule has 2 aromatic rings. The molecule has 0 atom stereocenters. The minimum absolute atomic E-state index is 0.0202. The van der Waals surface area contributed by atoms with E-state index in [9.17, 15) is 4.79 Å². The Labute approximate surface area is 131 Å². The number of hydrogen-bond acceptors (Lipinski definition) is 3. The first kappa shape index (κ1) is 15.6. The van der Waals surface area contributed by atoms with Gasteiger partial charge in [-0.05, 0) is 24.6 Å². The van der Waals surface area contributed by atoms with Gasteiger partial charge in [0.1, 0.15) is 0 Å². The third kappa shape index (κ3) is 4.10. The molecule has 0 aliphatic carbocycles. The molecule has 3 N–H and O–H groups in total. The van der Waals surface area contributed by atoms with Gasteiger partial charge < -0.3 is 15.7 Å². The monoisotopic (exact) mass is 328 g/mol. The number of amides is 2. The Bertz CT molecular complexity index is 634. The average Bonchev–Trinajstić information content (AvgIpc) is 2.83. The molecule has 0 spiro atoms. The third-order valence-corrected chi connectivity index (χ3v) is 3.54. The topological polar surface area (TPSA) is 79.2 Å². The highest BCUT2D eigenvalue weighted by atomic mass is 35.5. The summed E-state index contributed by atoms with van der Waals surface area (Å²) in [5, 5.41) is 19.0. The van der Waals surface area contributed by atoms with Gasteiger partial charge in [-0.1, -0.05) is 23.2 Å². The zero-order chi connectivity index (χ0) is 15.4. The highest BCUT2D eigenvalue weighted by molar-refractivity contribution is 6.36. The molecule has 8 heteroatoms. The molecule has 6 nitrogen and oxygen atoms in total. The fourth-order valence-electron chi connectivity index (χ4n) is 1.66. The van der Waals surface area contributed by atoms with Crippen LogP contribution in [0.4, 0.5) is 16.2 Å². The second-order valence-electron chi connectivity index (χ2n) is 4.36. The fourth-order valence-corrected chi connectivity index (χ4v) is 2.15. The summed E-state index contributed by atoms with van der Waals surface area (Å²) in [4.78, 5) is 11.9. The predicted octanol–water partition coefficient (Wildman–Crippen LogP) is 3.13. The number of nitrogens with one attached hydrogen (secondary N) is 2. The highest BCUT2D eigenvalue weighted by Gasteiger charge is 2.08. The number of halogens is 2. The number of hydrogen-bond donors (Lipinski definition) is 3. The van der Waals surface area contributed by atoms with Gasteiger partial charge in [-0.2, -0.15) is 5.10 Å². The summed E-state index contributed by atoms with van der Waals surface area (Å²) in [6.45, 7) is 2.14. The van der Waals surface area contributed by atoms with Crippen LogP contribution in [0.2, 0.25) is 10.0 Å². The van der Waals surface area contributed by atoms with E-state index in [1.54, 1.807) is 25.3 Å². The van der Waals surface area contributed by atoms with Crippen molar-refractivity contribution in [3.8, 4) is 0 Å². The number of benzene rings is 1. The summed E-state index contributed by atoms with van der Waals surface area (Å²) in [6, 6.07) is 2.81. The van der Waals surface area contributed by atoms with Gasteiger partial charge in [0.25, 0.3) is 0 Å². The molecule has 0 unspecified atom stereocenters. The third-order valence-electron chi connectivity index (χ3n) is 2.76. The molecule has 0 saturated carbocycles. The van der Waals surface area contributed by atoms with E-state index < -0.39 is 6.03 Å². The van der Waals surface area contributed by atoms with Crippen LogP contribution in [0.5, 0.6) is 0 Å². The van der Waals surface area contributed by atoms with Gasteiger partial charge in [0.2, 0.25) is 0 Å². The zero-order valence-electron chi connectivity index (χ0n) is 11.2. The molecule has 1 aromatic heterocycles. The van der Waals surface area contributed by atoms with Crippen LogP contribution in [0.15, 0.2) is 24.5 Å². The van der Waals surface area contributed by atoms with Gasteiger partial charge in [-0.3, -0.25) is 4.68 Å². The molecule has 0 radical (unpaired) electrons. The van der Waals surface area contributed by atoms with E-state index in [-0.39, 0.29) is 6.61 Å². The van der Waals surface area contributed by atoms with E-state index in [0.29, 0.717) is 28.0 Å². The number of aromatic nitrogens is 2. The number of aliphatic hydroxyl groups is 1. The maximum Gasteiger partial charge on any atom is 0.323 e. The van der Waals surface area contributed by atoms with Crippen molar-refractivity contribution in [2.45, 2.75) is 13.5 Å². The summed E-state index contributed by atoms with van der Waals surface area (Å²) in [7, 11) is 0. The van der Waals surface area contributed by atoms with E-state index in [2.05, 4.69) is 15.7 Å². The van der Waals surface area contributed by atoms with Crippen molar-refractivity contribution in [2.24, 2.45) is 0 Å². The molecule has 0 aliphatic rings. The Hall–Kier alpha value is -1.76. The molecule has 0 aliphatic heterocycles. The van der Waals surface area contributed by atoms with Gasteiger partial charge >= 0.3 is 6.03 Å². The molecule has 0 saturated heterocycles. The van der Waals surface area contributed by atoms with Gasteiger partial charge in [-0.25, -0.2) is 4.79 Å². The summed E-state index contributed by atoms with van der Waals surface area (Å²) in [6.07, 6.45) is 3.11. The Morgan fingerprint density at radius 1 is 1.29 bits per heavy atom. The molecule has 21 heavy (non-hydrogen) atoms. The standard InChI is InChI=1S/C13H14Cl2N4O2/c1-8-11(14)4-9(5-12(8)15)17-13(21)18-10-6-16-19(7-10)2-3-20/h4-7,20H,2-3H2,1H3,(H2,17,18,21). The molecule has 2 amide bonds. The molecular formula is C13H14Cl2N4O2. The van der Waals surface area contributed by atoms with Crippen molar-refractivity contribution >= 4 is 40.6 Å². The molecule has 0 fully saturated rings. The second kappa shape index (κ2) is 6.80. The number of urea groups is 1. The highest BCUT2D eigenvalue weighted by Crippen LogP contribution is 2.28. The van der Waals surface area contributed by atoms with E-state index in [1.807, 2.05) is 0 Å². The van der Waals surface area contributed by atoms with Crippen LogP contribution in [-0.2, 0) is 6.54 Å². The largest absolute Gasteiger partial charge is 0.394 e. The smallest absolute Gasteiger partial charge is 0.323 e. The number of rotatable bonds is 4. The van der Waals surface area contributed by atoms with Crippen LogP contribution < -0.4 is 10.6 Å².